The molecule has 21 heavy (non-hydrogen) atoms. The predicted molar refractivity (Wildman–Crippen MR) is 83.5 cm³/mol. The van der Waals surface area contributed by atoms with E-state index in [0.29, 0.717) is 12.1 Å². The highest BCUT2D eigenvalue weighted by Crippen LogP contribution is 2.24. The molecular formula is C17H28N2O2. The van der Waals surface area contributed by atoms with Crippen LogP contribution in [0.25, 0.3) is 0 Å². The van der Waals surface area contributed by atoms with E-state index in [-0.39, 0.29) is 0 Å². The molecule has 118 valence electrons. The zero-order valence-electron chi connectivity index (χ0n) is 13.1. The van der Waals surface area contributed by atoms with E-state index in [4.69, 9.17) is 9.15 Å². The molecule has 0 aromatic carbocycles. The zero-order valence-corrected chi connectivity index (χ0v) is 13.1. The summed E-state index contributed by atoms with van der Waals surface area (Å²) in [6, 6.07) is 5.24. The fraction of sp³-hybridized carbons (Fsp3) is 0.765. The van der Waals surface area contributed by atoms with Crippen molar-refractivity contribution < 1.29 is 9.15 Å². The molecule has 0 radical (unpaired) electrons. The Kier molecular flexibility index (Phi) is 5.33. The van der Waals surface area contributed by atoms with Crippen LogP contribution in [0.5, 0.6) is 0 Å². The van der Waals surface area contributed by atoms with Gasteiger partial charge < -0.3 is 14.5 Å². The van der Waals surface area contributed by atoms with Crippen molar-refractivity contribution in [2.75, 3.05) is 32.8 Å². The average Bonchev–Trinajstić information content (AvgIpc) is 2.96. The molecule has 1 unspecified atom stereocenters. The Balaban J connectivity index is 1.63. The molecule has 0 spiro atoms. The van der Waals surface area contributed by atoms with Gasteiger partial charge in [-0.05, 0) is 31.9 Å². The van der Waals surface area contributed by atoms with Crippen molar-refractivity contribution in [1.82, 2.24) is 10.2 Å². The van der Waals surface area contributed by atoms with Gasteiger partial charge in [-0.3, -0.25) is 4.90 Å². The average molecular weight is 292 g/mol. The second kappa shape index (κ2) is 7.43. The summed E-state index contributed by atoms with van der Waals surface area (Å²) in [6.07, 6.45) is 6.81. The summed E-state index contributed by atoms with van der Waals surface area (Å²) in [5, 5.41) is 3.78. The van der Waals surface area contributed by atoms with Crippen molar-refractivity contribution in [3.63, 3.8) is 0 Å². The van der Waals surface area contributed by atoms with E-state index < -0.39 is 0 Å². The summed E-state index contributed by atoms with van der Waals surface area (Å²) >= 11 is 0. The van der Waals surface area contributed by atoms with E-state index in [1.165, 1.54) is 32.1 Å². The Morgan fingerprint density at radius 2 is 1.95 bits per heavy atom. The van der Waals surface area contributed by atoms with Crippen LogP contribution in [0.4, 0.5) is 0 Å². The third-order valence-electron chi connectivity index (χ3n) is 4.78. The minimum Gasteiger partial charge on any atom is -0.465 e. The molecule has 0 bridgehead atoms. The summed E-state index contributed by atoms with van der Waals surface area (Å²) in [5.41, 5.74) is 0. The lowest BCUT2D eigenvalue weighted by Crippen LogP contribution is -2.44. The minimum absolute atomic E-state index is 0.338. The van der Waals surface area contributed by atoms with Crippen LogP contribution in [0, 0.1) is 6.92 Å². The molecule has 1 aromatic rings. The first-order valence-electron chi connectivity index (χ1n) is 8.44. The van der Waals surface area contributed by atoms with Crippen molar-refractivity contribution in [1.29, 1.82) is 0 Å². The number of ether oxygens (including phenoxy) is 1. The summed E-state index contributed by atoms with van der Waals surface area (Å²) in [7, 11) is 0. The number of aryl methyl sites for hydroxylation is 1. The summed E-state index contributed by atoms with van der Waals surface area (Å²) in [6.45, 7) is 6.67. The van der Waals surface area contributed by atoms with Gasteiger partial charge in [-0.25, -0.2) is 0 Å². The molecule has 1 aromatic heterocycles. The Morgan fingerprint density at radius 3 is 2.62 bits per heavy atom. The lowest BCUT2D eigenvalue weighted by atomic mass is 9.95. The highest BCUT2D eigenvalue weighted by Gasteiger charge is 2.26. The van der Waals surface area contributed by atoms with Crippen molar-refractivity contribution >= 4 is 0 Å². The van der Waals surface area contributed by atoms with Crippen LogP contribution < -0.4 is 5.32 Å². The van der Waals surface area contributed by atoms with Gasteiger partial charge in [-0.2, -0.15) is 0 Å². The largest absolute Gasteiger partial charge is 0.465 e. The lowest BCUT2D eigenvalue weighted by Gasteiger charge is -2.35. The van der Waals surface area contributed by atoms with Gasteiger partial charge in [0.25, 0.3) is 0 Å². The van der Waals surface area contributed by atoms with Crippen molar-refractivity contribution in [3.8, 4) is 0 Å². The maximum absolute atomic E-state index is 5.92. The van der Waals surface area contributed by atoms with Gasteiger partial charge in [0.2, 0.25) is 0 Å². The first-order chi connectivity index (χ1) is 10.3. The predicted octanol–water partition coefficient (Wildman–Crippen LogP) is 2.88. The van der Waals surface area contributed by atoms with Gasteiger partial charge in [-0.15, -0.1) is 0 Å². The van der Waals surface area contributed by atoms with Crippen LogP contribution >= 0.6 is 0 Å². The summed E-state index contributed by atoms with van der Waals surface area (Å²) in [5.74, 6) is 2.10. The van der Waals surface area contributed by atoms with E-state index in [1.807, 2.05) is 6.92 Å². The number of rotatable bonds is 5. The number of hydrogen-bond acceptors (Lipinski definition) is 4. The highest BCUT2D eigenvalue weighted by atomic mass is 16.5. The fourth-order valence-electron chi connectivity index (χ4n) is 3.52. The number of morpholine rings is 1. The normalized spacial score (nSPS) is 23.3. The Morgan fingerprint density at radius 1 is 1.19 bits per heavy atom. The third kappa shape index (κ3) is 4.09. The maximum atomic E-state index is 5.92. The molecule has 1 saturated heterocycles. The SMILES string of the molecule is Cc1ccc(C(CNC2CCCCC2)N2CCOCC2)o1. The molecular weight excluding hydrogens is 264 g/mol. The molecule has 2 fully saturated rings. The van der Waals surface area contributed by atoms with Gasteiger partial charge in [0, 0.05) is 25.7 Å². The van der Waals surface area contributed by atoms with Crippen molar-refractivity contribution in [2.24, 2.45) is 0 Å². The molecule has 1 saturated carbocycles. The molecule has 1 aliphatic carbocycles. The van der Waals surface area contributed by atoms with Crippen LogP contribution in [0.3, 0.4) is 0 Å². The van der Waals surface area contributed by atoms with Gasteiger partial charge in [0.1, 0.15) is 11.5 Å². The zero-order chi connectivity index (χ0) is 14.5. The van der Waals surface area contributed by atoms with Crippen LogP contribution in [0.2, 0.25) is 0 Å². The maximum Gasteiger partial charge on any atom is 0.122 e. The van der Waals surface area contributed by atoms with Crippen molar-refractivity contribution in [3.05, 3.63) is 23.7 Å². The summed E-state index contributed by atoms with van der Waals surface area (Å²) in [4.78, 5) is 2.50. The molecule has 4 nitrogen and oxygen atoms in total. The first kappa shape index (κ1) is 15.1. The van der Waals surface area contributed by atoms with E-state index >= 15 is 0 Å². The molecule has 3 rings (SSSR count). The van der Waals surface area contributed by atoms with Crippen LogP contribution in [-0.2, 0) is 4.74 Å². The second-order valence-electron chi connectivity index (χ2n) is 6.36. The molecule has 2 aliphatic rings. The van der Waals surface area contributed by atoms with Gasteiger partial charge in [0.05, 0.1) is 19.3 Å². The summed E-state index contributed by atoms with van der Waals surface area (Å²) < 4.78 is 11.4. The van der Waals surface area contributed by atoms with Crippen LogP contribution in [-0.4, -0.2) is 43.8 Å². The van der Waals surface area contributed by atoms with Gasteiger partial charge in [0.15, 0.2) is 0 Å². The van der Waals surface area contributed by atoms with E-state index in [0.717, 1.165) is 44.4 Å². The molecule has 2 heterocycles. The monoisotopic (exact) mass is 292 g/mol. The van der Waals surface area contributed by atoms with Gasteiger partial charge in [-0.1, -0.05) is 19.3 Å². The number of hydrogen-bond donors (Lipinski definition) is 1. The van der Waals surface area contributed by atoms with E-state index in [2.05, 4.69) is 22.3 Å². The molecule has 4 heteroatoms. The van der Waals surface area contributed by atoms with Crippen LogP contribution in [0.15, 0.2) is 16.5 Å². The first-order valence-corrected chi connectivity index (χ1v) is 8.44. The Labute approximate surface area is 127 Å². The standard InChI is InChI=1S/C17H28N2O2/c1-14-7-8-17(21-14)16(19-9-11-20-12-10-19)13-18-15-5-3-2-4-6-15/h7-8,15-16,18H,2-6,9-13H2,1H3. The quantitative estimate of drug-likeness (QED) is 0.905. The number of furan rings is 1. The van der Waals surface area contributed by atoms with Crippen molar-refractivity contribution in [2.45, 2.75) is 51.1 Å². The lowest BCUT2D eigenvalue weighted by molar-refractivity contribution is 0.0107. The van der Waals surface area contributed by atoms with E-state index in [1.54, 1.807) is 0 Å². The number of nitrogens with one attached hydrogen (secondary N) is 1. The molecule has 1 N–H and O–H groups in total. The Hall–Kier alpha value is -0.840. The van der Waals surface area contributed by atoms with Gasteiger partial charge >= 0.3 is 0 Å². The molecule has 1 atom stereocenters. The third-order valence-corrected chi connectivity index (χ3v) is 4.78. The van der Waals surface area contributed by atoms with E-state index in [9.17, 15) is 0 Å². The minimum atomic E-state index is 0.338. The topological polar surface area (TPSA) is 37.6 Å². The van der Waals surface area contributed by atoms with Crippen LogP contribution in [0.1, 0.15) is 49.7 Å². The molecule has 0 amide bonds. The molecule has 1 aliphatic heterocycles. The highest BCUT2D eigenvalue weighted by molar-refractivity contribution is 5.11. The second-order valence-corrected chi connectivity index (χ2v) is 6.36. The fourth-order valence-corrected chi connectivity index (χ4v) is 3.52. The number of nitrogens with zero attached hydrogens (tertiary/aromatic N) is 1. The smallest absolute Gasteiger partial charge is 0.122 e. The Bertz CT molecular complexity index is 420.